The molecule has 290 valence electrons. The Labute approximate surface area is 304 Å². The van der Waals surface area contributed by atoms with E-state index in [-0.39, 0.29) is 31.7 Å². The van der Waals surface area contributed by atoms with Crippen molar-refractivity contribution in [2.75, 3.05) is 13.2 Å². The van der Waals surface area contributed by atoms with E-state index in [0.29, 0.717) is 12.8 Å². The molecule has 1 heterocycles. The van der Waals surface area contributed by atoms with Crippen molar-refractivity contribution in [1.29, 1.82) is 0 Å². The summed E-state index contributed by atoms with van der Waals surface area (Å²) >= 11 is 0. The maximum Gasteiger partial charge on any atom is 0.469 e. The van der Waals surface area contributed by atoms with Crippen molar-refractivity contribution < 1.29 is 42.7 Å². The number of unbranched alkanes of at least 4 members (excludes halogenated alkanes) is 13. The third kappa shape index (κ3) is 31.0. The second-order valence-corrected chi connectivity index (χ2v) is 15.4. The molecule has 0 amide bonds. The summed E-state index contributed by atoms with van der Waals surface area (Å²) in [6.07, 6.45) is 36.1. The average Bonchev–Trinajstić information content (AvgIpc) is 3.82. The minimum atomic E-state index is -4.77. The standard InChI is InChI=1S/C40H71O9P/c1-4-5-6-7-8-9-10-13-16-19-22-25-29-37-38(49-37)30-27-32-39(41)46-33-36(34-47-50(43,44)45)48-40(42)31-26-23-20-17-14-11-12-15-18-21-24-28-35(2)3/h8-9,13,16,22,25,35-38H,4-7,10-12,14-15,17-21,23-24,26-34H2,1-3H3,(H2,43,44,45)/b9-8-,16-13-,25-22-/t36-,37?,38?/m1/s1. The fourth-order valence-corrected chi connectivity index (χ4v) is 6.06. The zero-order valence-corrected chi connectivity index (χ0v) is 32.5. The molecule has 1 aliphatic rings. The number of esters is 2. The molecule has 0 bridgehead atoms. The monoisotopic (exact) mass is 726 g/mol. The molecule has 2 unspecified atom stereocenters. The van der Waals surface area contributed by atoms with Crippen molar-refractivity contribution in [2.45, 2.75) is 187 Å². The molecule has 1 fully saturated rings. The molecule has 1 aliphatic heterocycles. The maximum absolute atomic E-state index is 12.4. The highest BCUT2D eigenvalue weighted by molar-refractivity contribution is 7.46. The van der Waals surface area contributed by atoms with Crippen LogP contribution in [0.15, 0.2) is 36.5 Å². The molecule has 0 radical (unpaired) electrons. The number of rotatable bonds is 34. The van der Waals surface area contributed by atoms with Crippen LogP contribution in [0.1, 0.15) is 168 Å². The van der Waals surface area contributed by atoms with Crippen molar-refractivity contribution in [2.24, 2.45) is 5.92 Å². The molecule has 9 nitrogen and oxygen atoms in total. The lowest BCUT2D eigenvalue weighted by atomic mass is 10.0. The van der Waals surface area contributed by atoms with Gasteiger partial charge in [-0.25, -0.2) is 4.57 Å². The second-order valence-electron chi connectivity index (χ2n) is 14.1. The molecule has 1 rings (SSSR count). The number of allylic oxidation sites excluding steroid dienone is 5. The first-order valence-corrected chi connectivity index (χ1v) is 21.3. The Hall–Kier alpha value is -1.77. The predicted molar refractivity (Wildman–Crippen MR) is 202 cm³/mol. The van der Waals surface area contributed by atoms with Gasteiger partial charge in [0, 0.05) is 12.8 Å². The lowest BCUT2D eigenvalue weighted by Gasteiger charge is -2.18. The third-order valence-corrected chi connectivity index (χ3v) is 9.25. The van der Waals surface area contributed by atoms with Crippen LogP contribution in [0.2, 0.25) is 0 Å². The highest BCUT2D eigenvalue weighted by atomic mass is 31.2. The maximum atomic E-state index is 12.4. The van der Waals surface area contributed by atoms with Gasteiger partial charge in [-0.15, -0.1) is 0 Å². The van der Waals surface area contributed by atoms with Gasteiger partial charge in [0.15, 0.2) is 6.10 Å². The van der Waals surface area contributed by atoms with Gasteiger partial charge in [0.1, 0.15) is 6.61 Å². The lowest BCUT2D eigenvalue weighted by molar-refractivity contribution is -0.161. The van der Waals surface area contributed by atoms with Gasteiger partial charge in [-0.05, 0) is 57.3 Å². The van der Waals surface area contributed by atoms with E-state index in [1.54, 1.807) is 0 Å². The van der Waals surface area contributed by atoms with E-state index in [2.05, 4.69) is 61.8 Å². The largest absolute Gasteiger partial charge is 0.469 e. The van der Waals surface area contributed by atoms with Gasteiger partial charge in [-0.2, -0.15) is 0 Å². The van der Waals surface area contributed by atoms with Crippen LogP contribution < -0.4 is 0 Å². The molecule has 1 saturated heterocycles. The van der Waals surface area contributed by atoms with Gasteiger partial charge in [-0.1, -0.05) is 141 Å². The molecule has 0 aromatic rings. The van der Waals surface area contributed by atoms with Crippen LogP contribution in [-0.2, 0) is 32.9 Å². The first-order valence-electron chi connectivity index (χ1n) is 19.8. The number of phosphoric ester groups is 1. The Bertz CT molecular complexity index is 987. The second kappa shape index (κ2) is 30.8. The van der Waals surface area contributed by atoms with Gasteiger partial charge in [0.2, 0.25) is 0 Å². The molecule has 0 aliphatic carbocycles. The van der Waals surface area contributed by atoms with Gasteiger partial charge >= 0.3 is 19.8 Å². The minimum absolute atomic E-state index is 0.139. The molecule has 0 aromatic heterocycles. The highest BCUT2D eigenvalue weighted by Gasteiger charge is 2.36. The fourth-order valence-electron chi connectivity index (χ4n) is 5.70. The van der Waals surface area contributed by atoms with Crippen LogP contribution in [0.5, 0.6) is 0 Å². The molecule has 0 spiro atoms. The quantitative estimate of drug-likeness (QED) is 0.0219. The normalized spacial score (nSPS) is 17.0. The van der Waals surface area contributed by atoms with E-state index < -0.39 is 32.5 Å². The van der Waals surface area contributed by atoms with E-state index in [1.165, 1.54) is 77.0 Å². The Morgan fingerprint density at radius 2 is 1.28 bits per heavy atom. The van der Waals surface area contributed by atoms with Crippen LogP contribution >= 0.6 is 7.82 Å². The van der Waals surface area contributed by atoms with Crippen molar-refractivity contribution >= 4 is 19.8 Å². The van der Waals surface area contributed by atoms with E-state index in [1.807, 2.05) is 0 Å². The number of hydrogen-bond acceptors (Lipinski definition) is 7. The van der Waals surface area contributed by atoms with E-state index >= 15 is 0 Å². The number of ether oxygens (including phenoxy) is 3. The van der Waals surface area contributed by atoms with Crippen molar-refractivity contribution in [3.05, 3.63) is 36.5 Å². The SMILES string of the molecule is CCCCC/C=C\C/C=C\C/C=C\CC1OC1CCCC(=O)OC[C@H](COP(=O)(O)O)OC(=O)CCCCCCCCCCCCCC(C)C. The van der Waals surface area contributed by atoms with Gasteiger partial charge < -0.3 is 24.0 Å². The molecule has 10 heteroatoms. The van der Waals surface area contributed by atoms with Crippen molar-refractivity contribution in [1.82, 2.24) is 0 Å². The van der Waals surface area contributed by atoms with Crippen molar-refractivity contribution in [3.63, 3.8) is 0 Å². The first kappa shape index (κ1) is 46.3. The fraction of sp³-hybridized carbons (Fsp3) is 0.800. The van der Waals surface area contributed by atoms with Gasteiger partial charge in [0.05, 0.1) is 18.8 Å². The number of phosphoric acid groups is 1. The first-order chi connectivity index (χ1) is 24.1. The zero-order valence-electron chi connectivity index (χ0n) is 31.7. The van der Waals surface area contributed by atoms with Crippen LogP contribution in [0, 0.1) is 5.92 Å². The summed E-state index contributed by atoms with van der Waals surface area (Å²) in [6.45, 7) is 5.90. The van der Waals surface area contributed by atoms with Gasteiger partial charge in [0.25, 0.3) is 0 Å². The van der Waals surface area contributed by atoms with E-state index in [9.17, 15) is 14.2 Å². The number of epoxide rings is 1. The molecular formula is C40H71O9P. The highest BCUT2D eigenvalue weighted by Crippen LogP contribution is 2.36. The topological polar surface area (TPSA) is 132 Å². The molecule has 0 saturated carbocycles. The molecule has 3 atom stereocenters. The Balaban J connectivity index is 2.14. The van der Waals surface area contributed by atoms with E-state index in [0.717, 1.165) is 50.9 Å². The molecule has 2 N–H and O–H groups in total. The Morgan fingerprint density at radius 1 is 0.700 bits per heavy atom. The number of hydrogen-bond donors (Lipinski definition) is 2. The lowest BCUT2D eigenvalue weighted by Crippen LogP contribution is -2.29. The number of carbonyl (C=O) groups excluding carboxylic acids is 2. The Morgan fingerprint density at radius 3 is 1.90 bits per heavy atom. The third-order valence-electron chi connectivity index (χ3n) is 8.76. The smallest absolute Gasteiger partial charge is 0.462 e. The molecule has 0 aromatic carbocycles. The average molecular weight is 727 g/mol. The summed E-state index contributed by atoms with van der Waals surface area (Å²) in [5, 5.41) is 0. The van der Waals surface area contributed by atoms with Gasteiger partial charge in [-0.3, -0.25) is 14.1 Å². The Kier molecular flexibility index (Phi) is 28.5. The zero-order chi connectivity index (χ0) is 36.7. The summed E-state index contributed by atoms with van der Waals surface area (Å²) in [5.74, 6) is -0.158. The van der Waals surface area contributed by atoms with Crippen molar-refractivity contribution in [3.8, 4) is 0 Å². The predicted octanol–water partition coefficient (Wildman–Crippen LogP) is 10.6. The number of carbonyl (C=O) groups is 2. The minimum Gasteiger partial charge on any atom is -0.462 e. The molecular weight excluding hydrogens is 655 g/mol. The molecule has 50 heavy (non-hydrogen) atoms. The van der Waals surface area contributed by atoms with E-state index in [4.69, 9.17) is 24.0 Å². The summed E-state index contributed by atoms with van der Waals surface area (Å²) in [5.41, 5.74) is 0. The summed E-state index contributed by atoms with van der Waals surface area (Å²) < 4.78 is 32.1. The van der Waals surface area contributed by atoms with Crippen LogP contribution in [0.25, 0.3) is 0 Å². The summed E-state index contributed by atoms with van der Waals surface area (Å²) in [7, 11) is -4.77. The van der Waals surface area contributed by atoms with Crippen LogP contribution in [0.4, 0.5) is 0 Å². The van der Waals surface area contributed by atoms with Crippen LogP contribution in [0.3, 0.4) is 0 Å². The summed E-state index contributed by atoms with van der Waals surface area (Å²) in [4.78, 5) is 42.9. The summed E-state index contributed by atoms with van der Waals surface area (Å²) in [6, 6.07) is 0. The van der Waals surface area contributed by atoms with Crippen LogP contribution in [-0.4, -0.2) is 53.3 Å².